The van der Waals surface area contributed by atoms with E-state index in [2.05, 4.69) is 4.74 Å². The van der Waals surface area contributed by atoms with Crippen molar-refractivity contribution in [2.45, 2.75) is 26.1 Å². The number of ether oxygens (including phenoxy) is 1. The smallest absolute Gasteiger partial charge is 1.00 e. The zero-order chi connectivity index (χ0) is 9.02. The Hall–Kier alpha value is 0.0948. The van der Waals surface area contributed by atoms with Gasteiger partial charge in [0.2, 0.25) is 0 Å². The molecule has 7 heteroatoms. The summed E-state index contributed by atoms with van der Waals surface area (Å²) in [6.45, 7) is 2.42. The summed E-state index contributed by atoms with van der Waals surface area (Å²) in [5.41, 5.74) is 0. The Morgan fingerprint density at radius 1 is 1.31 bits per heavy atom. The summed E-state index contributed by atoms with van der Waals surface area (Å²) < 4.78 is 4.28. The summed E-state index contributed by atoms with van der Waals surface area (Å²) >= 11 is 0. The first-order valence-corrected chi connectivity index (χ1v) is 3.06. The van der Waals surface area contributed by atoms with Crippen molar-refractivity contribution >= 4 is 11.9 Å². The molecule has 0 aromatic rings. The first kappa shape index (κ1) is 18.8. The Morgan fingerprint density at radius 2 is 1.69 bits per heavy atom. The molecular formula is C6H12Li2O5. The van der Waals surface area contributed by atoms with Crippen molar-refractivity contribution in [3.63, 3.8) is 0 Å². The molecule has 2 atom stereocenters. The average Bonchev–Trinajstić information content (AvgIpc) is 1.87. The molecule has 0 rings (SSSR count). The number of aliphatic hydroxyl groups is 1. The van der Waals surface area contributed by atoms with Crippen LogP contribution in [-0.4, -0.2) is 34.4 Å². The van der Waals surface area contributed by atoms with Crippen LogP contribution in [0.2, 0.25) is 0 Å². The molecule has 13 heavy (non-hydrogen) atoms. The van der Waals surface area contributed by atoms with E-state index < -0.39 is 24.1 Å². The molecule has 0 amide bonds. The van der Waals surface area contributed by atoms with Gasteiger partial charge < -0.3 is 17.8 Å². The molecule has 0 aliphatic carbocycles. The standard InChI is InChI=1S/C6H10O5.2Li.2H/c1-3(7)6(10)11-4(2)5(8)9;;;;/h3-4,7H,1-2H3,(H,8,9);;;;/q;2*+1;2*-1. The van der Waals surface area contributed by atoms with Gasteiger partial charge in [0.15, 0.2) is 6.10 Å². The molecule has 0 aliphatic heterocycles. The van der Waals surface area contributed by atoms with Gasteiger partial charge in [0.05, 0.1) is 0 Å². The maximum absolute atomic E-state index is 10.5. The molecule has 68 valence electrons. The first-order chi connectivity index (χ1) is 4.95. The van der Waals surface area contributed by atoms with Gasteiger partial charge in [-0.1, -0.05) is 0 Å². The van der Waals surface area contributed by atoms with Crippen LogP contribution in [0.1, 0.15) is 16.7 Å². The van der Waals surface area contributed by atoms with Crippen LogP contribution >= 0.6 is 0 Å². The largest absolute Gasteiger partial charge is 1.00 e. The summed E-state index contributed by atoms with van der Waals surface area (Å²) in [6.07, 6.45) is -2.49. The molecule has 2 unspecified atom stereocenters. The molecule has 0 saturated heterocycles. The summed E-state index contributed by atoms with van der Waals surface area (Å²) in [6, 6.07) is 0. The predicted molar refractivity (Wildman–Crippen MR) is 37.1 cm³/mol. The van der Waals surface area contributed by atoms with E-state index in [9.17, 15) is 9.59 Å². The monoisotopic (exact) mass is 178 g/mol. The van der Waals surface area contributed by atoms with E-state index in [1.165, 1.54) is 13.8 Å². The molecule has 0 heterocycles. The molecule has 0 radical (unpaired) electrons. The number of carboxylic acid groups (broad SMARTS) is 1. The number of carbonyl (C=O) groups excluding carboxylic acids is 1. The van der Waals surface area contributed by atoms with Gasteiger partial charge >= 0.3 is 49.7 Å². The van der Waals surface area contributed by atoms with E-state index >= 15 is 0 Å². The minimum atomic E-state index is -1.28. The third kappa shape index (κ3) is 8.43. The van der Waals surface area contributed by atoms with Crippen LogP contribution in [0, 0.1) is 0 Å². The summed E-state index contributed by atoms with van der Waals surface area (Å²) in [5, 5.41) is 16.8. The van der Waals surface area contributed by atoms with Crippen LogP contribution in [0.5, 0.6) is 0 Å². The van der Waals surface area contributed by atoms with Crippen LogP contribution in [0.25, 0.3) is 0 Å². The number of hydrogen-bond acceptors (Lipinski definition) is 4. The molecule has 2 N–H and O–H groups in total. The predicted octanol–water partition coefficient (Wildman–Crippen LogP) is -6.38. The Balaban J connectivity index is -0.0000000833. The van der Waals surface area contributed by atoms with Crippen molar-refractivity contribution < 1.29 is 65.1 Å². The Kier molecular flexibility index (Phi) is 12.6. The van der Waals surface area contributed by atoms with Crippen LogP contribution in [0.3, 0.4) is 0 Å². The SMILES string of the molecule is CC(O)C(=O)OC(C)C(=O)O.[H-].[H-].[Li+].[Li+]. The van der Waals surface area contributed by atoms with E-state index in [0.29, 0.717) is 0 Å². The van der Waals surface area contributed by atoms with Gasteiger partial charge in [0, 0.05) is 0 Å². The van der Waals surface area contributed by atoms with Gasteiger partial charge in [0.25, 0.3) is 0 Å². The van der Waals surface area contributed by atoms with Crippen molar-refractivity contribution in [2.75, 3.05) is 0 Å². The summed E-state index contributed by atoms with van der Waals surface area (Å²) in [4.78, 5) is 20.6. The third-order valence-corrected chi connectivity index (χ3v) is 0.982. The third-order valence-electron chi connectivity index (χ3n) is 0.982. The van der Waals surface area contributed by atoms with Crippen LogP contribution < -0.4 is 37.7 Å². The maximum atomic E-state index is 10.5. The number of carboxylic acids is 1. The van der Waals surface area contributed by atoms with Crippen molar-refractivity contribution in [1.29, 1.82) is 0 Å². The van der Waals surface area contributed by atoms with Crippen molar-refractivity contribution in [1.82, 2.24) is 0 Å². The molecule has 0 aromatic carbocycles. The van der Waals surface area contributed by atoms with E-state index in [-0.39, 0.29) is 40.6 Å². The Labute approximate surface area is 103 Å². The molecule has 0 aromatic heterocycles. The van der Waals surface area contributed by atoms with Gasteiger partial charge in [-0.2, -0.15) is 0 Å². The van der Waals surface area contributed by atoms with E-state index in [4.69, 9.17) is 10.2 Å². The quantitative estimate of drug-likeness (QED) is 0.331. The summed E-state index contributed by atoms with van der Waals surface area (Å²) in [5.74, 6) is -2.17. The fourth-order valence-electron chi connectivity index (χ4n) is 0.323. The molecule has 0 saturated carbocycles. The normalized spacial score (nSPS) is 12.8. The fourth-order valence-corrected chi connectivity index (χ4v) is 0.323. The molecular weight excluding hydrogens is 166 g/mol. The van der Waals surface area contributed by atoms with E-state index in [1.54, 1.807) is 0 Å². The Bertz CT molecular complexity index is 179. The molecule has 0 fully saturated rings. The molecule has 0 spiro atoms. The maximum Gasteiger partial charge on any atom is 1.00 e. The zero-order valence-electron chi connectivity index (χ0n) is 10.3. The van der Waals surface area contributed by atoms with Crippen molar-refractivity contribution in [3.8, 4) is 0 Å². The van der Waals surface area contributed by atoms with Gasteiger partial charge in [0.1, 0.15) is 6.10 Å². The minimum absolute atomic E-state index is 0. The second kappa shape index (κ2) is 8.68. The van der Waals surface area contributed by atoms with Gasteiger partial charge in [-0.05, 0) is 13.8 Å². The number of carbonyl (C=O) groups is 2. The first-order valence-electron chi connectivity index (χ1n) is 3.06. The number of rotatable bonds is 3. The van der Waals surface area contributed by atoms with Crippen LogP contribution in [0.4, 0.5) is 0 Å². The molecule has 0 aliphatic rings. The second-order valence-electron chi connectivity index (χ2n) is 2.09. The van der Waals surface area contributed by atoms with Crippen molar-refractivity contribution in [3.05, 3.63) is 0 Å². The van der Waals surface area contributed by atoms with E-state index in [0.717, 1.165) is 0 Å². The molecule has 5 nitrogen and oxygen atoms in total. The van der Waals surface area contributed by atoms with Gasteiger partial charge in [-0.15, -0.1) is 0 Å². The zero-order valence-corrected chi connectivity index (χ0v) is 8.27. The average molecular weight is 178 g/mol. The number of esters is 1. The second-order valence-corrected chi connectivity index (χ2v) is 2.09. The van der Waals surface area contributed by atoms with Crippen molar-refractivity contribution in [2.24, 2.45) is 0 Å². The Morgan fingerprint density at radius 3 is 1.92 bits per heavy atom. The number of hydrogen-bond donors (Lipinski definition) is 2. The van der Waals surface area contributed by atoms with Gasteiger partial charge in [-0.25, -0.2) is 9.59 Å². The fraction of sp³-hybridized carbons (Fsp3) is 0.667. The minimum Gasteiger partial charge on any atom is -1.00 e. The van der Waals surface area contributed by atoms with Gasteiger partial charge in [-0.3, -0.25) is 0 Å². The molecule has 0 bridgehead atoms. The topological polar surface area (TPSA) is 83.8 Å². The number of aliphatic hydroxyl groups excluding tert-OH is 1. The number of aliphatic carboxylic acids is 1. The van der Waals surface area contributed by atoms with Crippen LogP contribution in [0.15, 0.2) is 0 Å². The van der Waals surface area contributed by atoms with E-state index in [1.807, 2.05) is 0 Å². The summed E-state index contributed by atoms with van der Waals surface area (Å²) in [7, 11) is 0. The van der Waals surface area contributed by atoms with Crippen LogP contribution in [-0.2, 0) is 14.3 Å².